The number of rotatable bonds is 5. The molecule has 0 atom stereocenters. The van der Waals surface area contributed by atoms with Gasteiger partial charge in [0.2, 0.25) is 0 Å². The van der Waals surface area contributed by atoms with E-state index in [2.05, 4.69) is 41.5 Å². The third-order valence-corrected chi connectivity index (χ3v) is 4.23. The molecule has 2 N–H and O–H groups in total. The average molecular weight is 334 g/mol. The zero-order valence-corrected chi connectivity index (χ0v) is 14.7. The summed E-state index contributed by atoms with van der Waals surface area (Å²) >= 11 is 0. The van der Waals surface area contributed by atoms with Gasteiger partial charge in [-0.25, -0.2) is 0 Å². The van der Waals surface area contributed by atoms with Crippen LogP contribution in [0.15, 0.2) is 54.6 Å². The van der Waals surface area contributed by atoms with Crippen LogP contribution in [0.2, 0.25) is 0 Å². The monoisotopic (exact) mass is 334 g/mol. The SMILES string of the molecule is COc1ccc(CNC(=O)c2cc(-c3ccc(C)cc3)[nH]c2C)cc1. The Hall–Kier alpha value is -3.01. The van der Waals surface area contributed by atoms with Crippen molar-refractivity contribution in [2.24, 2.45) is 0 Å². The van der Waals surface area contributed by atoms with Crippen LogP contribution in [0.1, 0.15) is 27.2 Å². The van der Waals surface area contributed by atoms with E-state index in [4.69, 9.17) is 4.74 Å². The second kappa shape index (κ2) is 7.26. The van der Waals surface area contributed by atoms with Crippen LogP contribution >= 0.6 is 0 Å². The summed E-state index contributed by atoms with van der Waals surface area (Å²) in [6.45, 7) is 4.45. The standard InChI is InChI=1S/C21H22N2O2/c1-14-4-8-17(9-5-14)20-12-19(15(2)23-20)21(24)22-13-16-6-10-18(25-3)11-7-16/h4-12,23H,13H2,1-3H3,(H,22,24). The van der Waals surface area contributed by atoms with Gasteiger partial charge in [-0.05, 0) is 43.2 Å². The van der Waals surface area contributed by atoms with Crippen molar-refractivity contribution >= 4 is 5.91 Å². The van der Waals surface area contributed by atoms with Crippen LogP contribution < -0.4 is 10.1 Å². The zero-order chi connectivity index (χ0) is 17.8. The van der Waals surface area contributed by atoms with Gasteiger partial charge in [-0.15, -0.1) is 0 Å². The topological polar surface area (TPSA) is 54.1 Å². The van der Waals surface area contributed by atoms with Gasteiger partial charge >= 0.3 is 0 Å². The van der Waals surface area contributed by atoms with E-state index in [0.29, 0.717) is 12.1 Å². The summed E-state index contributed by atoms with van der Waals surface area (Å²) in [7, 11) is 1.64. The second-order valence-corrected chi connectivity index (χ2v) is 6.12. The Kier molecular flexibility index (Phi) is 4.89. The number of benzene rings is 2. The summed E-state index contributed by atoms with van der Waals surface area (Å²) in [5, 5.41) is 2.97. The number of H-pyrrole nitrogens is 1. The van der Waals surface area contributed by atoms with Crippen molar-refractivity contribution in [1.82, 2.24) is 10.3 Å². The van der Waals surface area contributed by atoms with Gasteiger partial charge in [0, 0.05) is 17.9 Å². The van der Waals surface area contributed by atoms with Crippen LogP contribution in [0.4, 0.5) is 0 Å². The fourth-order valence-electron chi connectivity index (χ4n) is 2.70. The molecule has 1 aromatic heterocycles. The number of aryl methyl sites for hydroxylation is 2. The molecule has 128 valence electrons. The van der Waals surface area contributed by atoms with Crippen molar-refractivity contribution < 1.29 is 9.53 Å². The number of hydrogen-bond acceptors (Lipinski definition) is 2. The van der Waals surface area contributed by atoms with Crippen molar-refractivity contribution in [3.63, 3.8) is 0 Å². The number of amides is 1. The van der Waals surface area contributed by atoms with Gasteiger partial charge in [0.05, 0.1) is 12.7 Å². The number of ether oxygens (including phenoxy) is 1. The smallest absolute Gasteiger partial charge is 0.253 e. The van der Waals surface area contributed by atoms with Gasteiger partial charge in [-0.1, -0.05) is 42.0 Å². The molecular formula is C21H22N2O2. The highest BCUT2D eigenvalue weighted by Gasteiger charge is 2.13. The predicted octanol–water partition coefficient (Wildman–Crippen LogP) is 4.24. The molecule has 0 fully saturated rings. The maximum atomic E-state index is 12.5. The highest BCUT2D eigenvalue weighted by atomic mass is 16.5. The van der Waals surface area contributed by atoms with Gasteiger partial charge in [0.1, 0.15) is 5.75 Å². The minimum Gasteiger partial charge on any atom is -0.497 e. The van der Waals surface area contributed by atoms with Crippen molar-refractivity contribution in [1.29, 1.82) is 0 Å². The number of methoxy groups -OCH3 is 1. The first-order valence-electron chi connectivity index (χ1n) is 8.24. The molecule has 1 amide bonds. The van der Waals surface area contributed by atoms with E-state index in [-0.39, 0.29) is 5.91 Å². The molecule has 0 radical (unpaired) electrons. The first-order valence-corrected chi connectivity index (χ1v) is 8.24. The van der Waals surface area contributed by atoms with Crippen LogP contribution in [0.3, 0.4) is 0 Å². The van der Waals surface area contributed by atoms with E-state index in [1.807, 2.05) is 37.3 Å². The van der Waals surface area contributed by atoms with Crippen LogP contribution in [-0.4, -0.2) is 18.0 Å². The minimum absolute atomic E-state index is 0.0806. The minimum atomic E-state index is -0.0806. The fraction of sp³-hybridized carbons (Fsp3) is 0.190. The maximum absolute atomic E-state index is 12.5. The van der Waals surface area contributed by atoms with Gasteiger partial charge in [0.25, 0.3) is 5.91 Å². The third kappa shape index (κ3) is 3.91. The van der Waals surface area contributed by atoms with Crippen molar-refractivity contribution in [3.05, 3.63) is 77.0 Å². The van der Waals surface area contributed by atoms with Crippen molar-refractivity contribution in [3.8, 4) is 17.0 Å². The quantitative estimate of drug-likeness (QED) is 0.733. The molecular weight excluding hydrogens is 312 g/mol. The zero-order valence-electron chi connectivity index (χ0n) is 14.7. The molecule has 4 heteroatoms. The number of carbonyl (C=O) groups is 1. The van der Waals surface area contributed by atoms with Crippen molar-refractivity contribution in [2.45, 2.75) is 20.4 Å². The third-order valence-electron chi connectivity index (χ3n) is 4.23. The molecule has 0 unspecified atom stereocenters. The van der Waals surface area contributed by atoms with E-state index in [1.165, 1.54) is 5.56 Å². The normalized spacial score (nSPS) is 10.5. The molecule has 0 spiro atoms. The first-order chi connectivity index (χ1) is 12.1. The van der Waals surface area contributed by atoms with E-state index in [0.717, 1.165) is 28.3 Å². The number of nitrogens with one attached hydrogen (secondary N) is 2. The summed E-state index contributed by atoms with van der Waals surface area (Å²) in [6, 6.07) is 17.8. The van der Waals surface area contributed by atoms with Crippen molar-refractivity contribution in [2.75, 3.05) is 7.11 Å². The number of aromatic amines is 1. The highest BCUT2D eigenvalue weighted by Crippen LogP contribution is 2.22. The molecule has 3 aromatic rings. The van der Waals surface area contributed by atoms with Crippen LogP contribution in [0.25, 0.3) is 11.3 Å². The molecule has 25 heavy (non-hydrogen) atoms. The molecule has 4 nitrogen and oxygen atoms in total. The molecule has 0 aliphatic heterocycles. The number of aromatic nitrogens is 1. The lowest BCUT2D eigenvalue weighted by Crippen LogP contribution is -2.23. The number of hydrogen-bond donors (Lipinski definition) is 2. The van der Waals surface area contributed by atoms with Gasteiger partial charge in [0.15, 0.2) is 0 Å². The number of carbonyl (C=O) groups excluding carboxylic acids is 1. The van der Waals surface area contributed by atoms with Gasteiger partial charge in [-0.3, -0.25) is 4.79 Å². The van der Waals surface area contributed by atoms with Crippen LogP contribution in [0.5, 0.6) is 5.75 Å². The Morgan fingerprint density at radius 1 is 1.04 bits per heavy atom. The Bertz CT molecular complexity index is 862. The lowest BCUT2D eigenvalue weighted by Gasteiger charge is -2.06. The van der Waals surface area contributed by atoms with Crippen LogP contribution in [0, 0.1) is 13.8 Å². The van der Waals surface area contributed by atoms with E-state index in [1.54, 1.807) is 7.11 Å². The summed E-state index contributed by atoms with van der Waals surface area (Å²) in [4.78, 5) is 15.8. The maximum Gasteiger partial charge on any atom is 0.253 e. The summed E-state index contributed by atoms with van der Waals surface area (Å²) < 4.78 is 5.14. The summed E-state index contributed by atoms with van der Waals surface area (Å²) in [5.74, 6) is 0.724. The molecule has 0 saturated heterocycles. The molecule has 0 aliphatic carbocycles. The first kappa shape index (κ1) is 16.8. The van der Waals surface area contributed by atoms with Gasteiger partial charge < -0.3 is 15.0 Å². The fourth-order valence-corrected chi connectivity index (χ4v) is 2.70. The summed E-state index contributed by atoms with van der Waals surface area (Å²) in [5.41, 5.74) is 5.80. The summed E-state index contributed by atoms with van der Waals surface area (Å²) in [6.07, 6.45) is 0. The Morgan fingerprint density at radius 3 is 2.36 bits per heavy atom. The van der Waals surface area contributed by atoms with Crippen LogP contribution in [-0.2, 0) is 6.54 Å². The Balaban J connectivity index is 1.70. The molecule has 3 rings (SSSR count). The molecule has 0 bridgehead atoms. The van der Waals surface area contributed by atoms with E-state index < -0.39 is 0 Å². The predicted molar refractivity (Wildman–Crippen MR) is 99.9 cm³/mol. The molecule has 0 aliphatic rings. The Labute approximate surface area is 147 Å². The largest absolute Gasteiger partial charge is 0.497 e. The average Bonchev–Trinajstić information content (AvgIpc) is 3.02. The van der Waals surface area contributed by atoms with E-state index >= 15 is 0 Å². The van der Waals surface area contributed by atoms with E-state index in [9.17, 15) is 4.79 Å². The molecule has 2 aromatic carbocycles. The van der Waals surface area contributed by atoms with Gasteiger partial charge in [-0.2, -0.15) is 0 Å². The highest BCUT2D eigenvalue weighted by molar-refractivity contribution is 5.96. The molecule has 1 heterocycles. The molecule has 0 saturated carbocycles. The second-order valence-electron chi connectivity index (χ2n) is 6.12. The Morgan fingerprint density at radius 2 is 1.72 bits per heavy atom. The lowest BCUT2D eigenvalue weighted by molar-refractivity contribution is 0.0950. The lowest BCUT2D eigenvalue weighted by atomic mass is 10.1.